The largest absolute Gasteiger partial charge is 0.332 e. The van der Waals surface area contributed by atoms with Crippen LogP contribution in [0, 0.1) is 11.3 Å². The number of rotatable bonds is 3. The number of aromatic nitrogens is 2. The van der Waals surface area contributed by atoms with E-state index in [-0.39, 0.29) is 5.56 Å². The van der Waals surface area contributed by atoms with Crippen molar-refractivity contribution in [1.82, 2.24) is 9.55 Å². The van der Waals surface area contributed by atoms with Gasteiger partial charge in [0.1, 0.15) is 11.6 Å². The van der Waals surface area contributed by atoms with Crippen LogP contribution in [0.1, 0.15) is 24.5 Å². The topological polar surface area (TPSA) is 78.7 Å². The van der Waals surface area contributed by atoms with Gasteiger partial charge in [0.25, 0.3) is 5.56 Å². The minimum Gasteiger partial charge on any atom is -0.273 e. The summed E-state index contributed by atoms with van der Waals surface area (Å²) in [5, 5.41) is 8.87. The second-order valence-corrected chi connectivity index (χ2v) is 4.16. The fourth-order valence-corrected chi connectivity index (χ4v) is 1.96. The molecule has 0 saturated carbocycles. The molecule has 5 heteroatoms. The van der Waals surface area contributed by atoms with Gasteiger partial charge in [-0.3, -0.25) is 14.3 Å². The van der Waals surface area contributed by atoms with Crippen molar-refractivity contribution in [3.05, 3.63) is 62.4 Å². The minimum atomic E-state index is -0.656. The van der Waals surface area contributed by atoms with Gasteiger partial charge in [0.15, 0.2) is 0 Å². The van der Waals surface area contributed by atoms with Crippen molar-refractivity contribution in [2.75, 3.05) is 0 Å². The average molecular weight is 255 g/mol. The zero-order valence-electron chi connectivity index (χ0n) is 10.5. The molecule has 0 saturated heterocycles. The van der Waals surface area contributed by atoms with Crippen LogP contribution in [0.15, 0.2) is 40.1 Å². The van der Waals surface area contributed by atoms with Crippen molar-refractivity contribution in [3.63, 3.8) is 0 Å². The van der Waals surface area contributed by atoms with E-state index in [0.29, 0.717) is 5.69 Å². The summed E-state index contributed by atoms with van der Waals surface area (Å²) in [4.78, 5) is 25.4. The predicted molar refractivity (Wildman–Crippen MR) is 71.4 cm³/mol. The lowest BCUT2D eigenvalue weighted by Crippen LogP contribution is -2.30. The maximum absolute atomic E-state index is 11.9. The number of para-hydroxylation sites is 1. The molecule has 2 rings (SSSR count). The molecule has 96 valence electrons. The van der Waals surface area contributed by atoms with Gasteiger partial charge in [0.2, 0.25) is 0 Å². The second kappa shape index (κ2) is 5.36. The van der Waals surface area contributed by atoms with E-state index >= 15 is 0 Å². The van der Waals surface area contributed by atoms with E-state index in [1.54, 1.807) is 12.1 Å². The molecular weight excluding hydrogens is 242 g/mol. The molecule has 0 amide bonds. The SMILES string of the molecule is CCCc1ccccc1-n1cc(C#N)c(=O)[nH]c1=O. The van der Waals surface area contributed by atoms with E-state index in [2.05, 4.69) is 4.98 Å². The number of nitrogens with zero attached hydrogens (tertiary/aromatic N) is 2. The van der Waals surface area contributed by atoms with Crippen molar-refractivity contribution in [2.45, 2.75) is 19.8 Å². The van der Waals surface area contributed by atoms with Crippen LogP contribution in [0.4, 0.5) is 0 Å². The van der Waals surface area contributed by atoms with Crippen LogP contribution in [0.5, 0.6) is 0 Å². The fourth-order valence-electron chi connectivity index (χ4n) is 1.96. The van der Waals surface area contributed by atoms with Gasteiger partial charge in [-0.2, -0.15) is 5.26 Å². The summed E-state index contributed by atoms with van der Waals surface area (Å²) in [7, 11) is 0. The molecule has 2 aromatic rings. The molecular formula is C14H13N3O2. The molecule has 1 heterocycles. The van der Waals surface area contributed by atoms with E-state index in [4.69, 9.17) is 5.26 Å². The van der Waals surface area contributed by atoms with Crippen LogP contribution >= 0.6 is 0 Å². The first kappa shape index (κ1) is 12.8. The summed E-state index contributed by atoms with van der Waals surface area (Å²) in [5.41, 5.74) is 0.431. The van der Waals surface area contributed by atoms with Gasteiger partial charge in [-0.25, -0.2) is 4.79 Å². The van der Waals surface area contributed by atoms with Gasteiger partial charge in [-0.05, 0) is 18.1 Å². The normalized spacial score (nSPS) is 10.1. The molecule has 5 nitrogen and oxygen atoms in total. The van der Waals surface area contributed by atoms with Crippen LogP contribution in [-0.2, 0) is 6.42 Å². The Morgan fingerprint density at radius 2 is 2.05 bits per heavy atom. The van der Waals surface area contributed by atoms with Crippen molar-refractivity contribution >= 4 is 0 Å². The molecule has 0 radical (unpaired) electrons. The number of aromatic amines is 1. The maximum atomic E-state index is 11.9. The van der Waals surface area contributed by atoms with Crippen LogP contribution < -0.4 is 11.2 Å². The molecule has 1 N–H and O–H groups in total. The van der Waals surface area contributed by atoms with Gasteiger partial charge < -0.3 is 0 Å². The molecule has 19 heavy (non-hydrogen) atoms. The molecule has 1 aromatic heterocycles. The first-order valence-electron chi connectivity index (χ1n) is 6.01. The van der Waals surface area contributed by atoms with Crippen LogP contribution in [-0.4, -0.2) is 9.55 Å². The smallest absolute Gasteiger partial charge is 0.273 e. The summed E-state index contributed by atoms with van der Waals surface area (Å²) in [6.45, 7) is 2.05. The summed E-state index contributed by atoms with van der Waals surface area (Å²) in [6, 6.07) is 9.23. The number of benzene rings is 1. The highest BCUT2D eigenvalue weighted by Gasteiger charge is 2.08. The lowest BCUT2D eigenvalue weighted by atomic mass is 10.1. The predicted octanol–water partition coefficient (Wildman–Crippen LogP) is 1.35. The Morgan fingerprint density at radius 1 is 1.32 bits per heavy atom. The molecule has 0 atom stereocenters. The molecule has 0 fully saturated rings. The van der Waals surface area contributed by atoms with Gasteiger partial charge in [-0.1, -0.05) is 31.5 Å². The third-order valence-electron chi connectivity index (χ3n) is 2.83. The van der Waals surface area contributed by atoms with E-state index in [1.165, 1.54) is 10.8 Å². The molecule has 0 aliphatic rings. The summed E-state index contributed by atoms with van der Waals surface area (Å²) >= 11 is 0. The quantitative estimate of drug-likeness (QED) is 0.899. The maximum Gasteiger partial charge on any atom is 0.332 e. The molecule has 0 spiro atoms. The highest BCUT2D eigenvalue weighted by molar-refractivity contribution is 5.42. The van der Waals surface area contributed by atoms with Crippen molar-refractivity contribution in [2.24, 2.45) is 0 Å². The second-order valence-electron chi connectivity index (χ2n) is 4.16. The van der Waals surface area contributed by atoms with Crippen LogP contribution in [0.2, 0.25) is 0 Å². The lowest BCUT2D eigenvalue weighted by molar-refractivity contribution is 0.851. The zero-order chi connectivity index (χ0) is 13.8. The highest BCUT2D eigenvalue weighted by atomic mass is 16.2. The number of nitriles is 1. The standard InChI is InChI=1S/C14H13N3O2/c1-2-5-10-6-3-4-7-12(10)17-9-11(8-15)13(18)16-14(17)19/h3-4,6-7,9H,2,5H2,1H3,(H,16,18,19). The highest BCUT2D eigenvalue weighted by Crippen LogP contribution is 2.14. The van der Waals surface area contributed by atoms with E-state index in [1.807, 2.05) is 25.1 Å². The van der Waals surface area contributed by atoms with Crippen molar-refractivity contribution in [3.8, 4) is 11.8 Å². The fraction of sp³-hybridized carbons (Fsp3) is 0.214. The number of H-pyrrole nitrogens is 1. The Labute approximate surface area is 109 Å². The molecule has 0 aliphatic carbocycles. The number of aryl methyl sites for hydroxylation is 1. The van der Waals surface area contributed by atoms with E-state index in [9.17, 15) is 9.59 Å². The van der Waals surface area contributed by atoms with Crippen LogP contribution in [0.3, 0.4) is 0 Å². The third-order valence-corrected chi connectivity index (χ3v) is 2.83. The molecule has 0 bridgehead atoms. The van der Waals surface area contributed by atoms with Gasteiger partial charge in [-0.15, -0.1) is 0 Å². The van der Waals surface area contributed by atoms with Gasteiger partial charge >= 0.3 is 5.69 Å². The Hall–Kier alpha value is -2.61. The Morgan fingerprint density at radius 3 is 2.74 bits per heavy atom. The monoisotopic (exact) mass is 255 g/mol. The number of hydrogen-bond donors (Lipinski definition) is 1. The van der Waals surface area contributed by atoms with Crippen LogP contribution in [0.25, 0.3) is 5.69 Å². The number of nitrogens with one attached hydrogen (secondary N) is 1. The molecule has 1 aromatic carbocycles. The Balaban J connectivity index is 2.69. The average Bonchev–Trinajstić information content (AvgIpc) is 2.40. The minimum absolute atomic E-state index is 0.0779. The third kappa shape index (κ3) is 2.47. The first-order chi connectivity index (χ1) is 9.17. The van der Waals surface area contributed by atoms with Crippen molar-refractivity contribution in [1.29, 1.82) is 5.26 Å². The van der Waals surface area contributed by atoms with E-state index < -0.39 is 11.2 Å². The van der Waals surface area contributed by atoms with Crippen molar-refractivity contribution < 1.29 is 0 Å². The summed E-state index contributed by atoms with van der Waals surface area (Å²) in [6.07, 6.45) is 3.06. The van der Waals surface area contributed by atoms with Gasteiger partial charge in [0, 0.05) is 6.20 Å². The van der Waals surface area contributed by atoms with Gasteiger partial charge in [0.05, 0.1) is 5.69 Å². The first-order valence-corrected chi connectivity index (χ1v) is 6.01. The Kier molecular flexibility index (Phi) is 3.62. The molecule has 0 aliphatic heterocycles. The number of hydrogen-bond acceptors (Lipinski definition) is 3. The summed E-state index contributed by atoms with van der Waals surface area (Å²) in [5.74, 6) is 0. The van der Waals surface area contributed by atoms with E-state index in [0.717, 1.165) is 18.4 Å². The molecule has 0 unspecified atom stereocenters. The zero-order valence-corrected chi connectivity index (χ0v) is 10.5. The summed E-state index contributed by atoms with van der Waals surface area (Å²) < 4.78 is 1.31. The Bertz CT molecular complexity index is 750. The lowest BCUT2D eigenvalue weighted by Gasteiger charge is -2.10.